The minimum atomic E-state index is 0.0125. The molecule has 0 spiro atoms. The van der Waals surface area contributed by atoms with Gasteiger partial charge in [-0.25, -0.2) is 0 Å². The summed E-state index contributed by atoms with van der Waals surface area (Å²) >= 11 is 0. The molecular weight excluding hydrogens is 388 g/mol. The molecule has 0 aromatic rings. The molecule has 0 saturated heterocycles. The lowest BCUT2D eigenvalue weighted by molar-refractivity contribution is -0.142. The molecule has 0 heterocycles. The van der Waals surface area contributed by atoms with Crippen LogP contribution in [0.5, 0.6) is 0 Å². The predicted octanol–water partition coefficient (Wildman–Crippen LogP) is 6.20. The lowest BCUT2D eigenvalue weighted by Crippen LogP contribution is -2.38. The van der Waals surface area contributed by atoms with Crippen LogP contribution in [0.4, 0.5) is 0 Å². The fourth-order valence-electron chi connectivity index (χ4n) is 3.84. The molecule has 0 radical (unpaired) electrons. The van der Waals surface area contributed by atoms with Gasteiger partial charge in [-0.05, 0) is 25.7 Å². The molecule has 5 heteroatoms. The summed E-state index contributed by atoms with van der Waals surface area (Å²) in [6, 6.07) is 0. The Hall–Kier alpha value is -1.10. The van der Waals surface area contributed by atoms with Gasteiger partial charge in [0.1, 0.15) is 13.2 Å². The van der Waals surface area contributed by atoms with Crippen molar-refractivity contribution in [3.05, 3.63) is 0 Å². The minimum absolute atomic E-state index is 0.0125. The van der Waals surface area contributed by atoms with Crippen molar-refractivity contribution in [1.82, 2.24) is 9.80 Å². The van der Waals surface area contributed by atoms with Gasteiger partial charge in [-0.15, -0.1) is 0 Å². The van der Waals surface area contributed by atoms with Crippen molar-refractivity contribution in [1.29, 1.82) is 0 Å². The zero-order valence-corrected chi connectivity index (χ0v) is 21.3. The number of carbonyl (C=O) groups excluding carboxylic acids is 2. The van der Waals surface area contributed by atoms with Gasteiger partial charge in [-0.1, -0.05) is 91.9 Å². The van der Waals surface area contributed by atoms with E-state index >= 15 is 0 Å². The van der Waals surface area contributed by atoms with E-state index in [1.807, 2.05) is 9.80 Å². The first kappa shape index (κ1) is 29.9. The molecule has 0 atom stereocenters. The van der Waals surface area contributed by atoms with Gasteiger partial charge in [-0.3, -0.25) is 9.59 Å². The van der Waals surface area contributed by atoms with E-state index in [1.54, 1.807) is 0 Å². The second-order valence-electron chi connectivity index (χ2n) is 8.79. The van der Waals surface area contributed by atoms with Crippen molar-refractivity contribution < 1.29 is 14.3 Å². The number of hydrogen-bond acceptors (Lipinski definition) is 3. The molecule has 184 valence electrons. The van der Waals surface area contributed by atoms with Crippen LogP contribution < -0.4 is 0 Å². The first-order valence-electron chi connectivity index (χ1n) is 13.2. The van der Waals surface area contributed by atoms with E-state index in [0.717, 1.165) is 51.9 Å². The zero-order chi connectivity index (χ0) is 23.2. The summed E-state index contributed by atoms with van der Waals surface area (Å²) in [6.07, 6.45) is 16.5. The zero-order valence-electron chi connectivity index (χ0n) is 21.3. The maximum Gasteiger partial charge on any atom is 0.248 e. The highest BCUT2D eigenvalue weighted by molar-refractivity contribution is 5.79. The van der Waals surface area contributed by atoms with Crippen LogP contribution in [0, 0.1) is 0 Å². The molecule has 0 bridgehead atoms. The van der Waals surface area contributed by atoms with Crippen LogP contribution in [-0.4, -0.2) is 61.0 Å². The molecule has 0 aliphatic carbocycles. The van der Waals surface area contributed by atoms with E-state index in [-0.39, 0.29) is 25.0 Å². The highest BCUT2D eigenvalue weighted by Crippen LogP contribution is 2.08. The monoisotopic (exact) mass is 440 g/mol. The number of nitrogens with zero attached hydrogens (tertiary/aromatic N) is 2. The summed E-state index contributed by atoms with van der Waals surface area (Å²) in [6.45, 7) is 11.8. The Morgan fingerprint density at radius 2 is 0.839 bits per heavy atom. The molecule has 0 aromatic heterocycles. The summed E-state index contributed by atoms with van der Waals surface area (Å²) in [5.41, 5.74) is 0. The molecule has 31 heavy (non-hydrogen) atoms. The largest absolute Gasteiger partial charge is 0.362 e. The Morgan fingerprint density at radius 3 is 1.19 bits per heavy atom. The fraction of sp³-hybridized carbons (Fsp3) is 0.923. The Bertz CT molecular complexity index is 391. The average Bonchev–Trinajstić information content (AvgIpc) is 2.76. The van der Waals surface area contributed by atoms with Gasteiger partial charge in [0.15, 0.2) is 0 Å². The summed E-state index contributed by atoms with van der Waals surface area (Å²) in [5, 5.41) is 0. The molecule has 0 saturated carbocycles. The third-order valence-corrected chi connectivity index (χ3v) is 5.71. The molecule has 5 nitrogen and oxygen atoms in total. The summed E-state index contributed by atoms with van der Waals surface area (Å²) < 4.78 is 5.55. The lowest BCUT2D eigenvalue weighted by Gasteiger charge is -2.24. The number of rotatable bonds is 22. The Balaban J connectivity index is 4.19. The highest BCUT2D eigenvalue weighted by Gasteiger charge is 2.16. The Labute approximate surface area is 193 Å². The lowest BCUT2D eigenvalue weighted by atomic mass is 10.1. The van der Waals surface area contributed by atoms with Crippen molar-refractivity contribution in [2.75, 3.05) is 39.4 Å². The minimum Gasteiger partial charge on any atom is -0.362 e. The number of hydrogen-bond donors (Lipinski definition) is 0. The molecule has 0 aliphatic rings. The van der Waals surface area contributed by atoms with Crippen LogP contribution in [0.25, 0.3) is 0 Å². The fourth-order valence-corrected chi connectivity index (χ4v) is 3.84. The Kier molecular flexibility index (Phi) is 21.3. The maximum absolute atomic E-state index is 12.5. The highest BCUT2D eigenvalue weighted by atomic mass is 16.5. The molecule has 0 unspecified atom stereocenters. The van der Waals surface area contributed by atoms with Crippen molar-refractivity contribution in [3.8, 4) is 0 Å². The van der Waals surface area contributed by atoms with E-state index in [0.29, 0.717) is 0 Å². The van der Waals surface area contributed by atoms with Crippen molar-refractivity contribution >= 4 is 11.8 Å². The Morgan fingerprint density at radius 1 is 0.484 bits per heavy atom. The third kappa shape index (κ3) is 17.2. The van der Waals surface area contributed by atoms with Gasteiger partial charge in [-0.2, -0.15) is 0 Å². The summed E-state index contributed by atoms with van der Waals surface area (Å²) in [7, 11) is 0. The van der Waals surface area contributed by atoms with E-state index in [4.69, 9.17) is 4.74 Å². The van der Waals surface area contributed by atoms with E-state index in [9.17, 15) is 9.59 Å². The molecule has 0 rings (SSSR count). The smallest absolute Gasteiger partial charge is 0.248 e. The van der Waals surface area contributed by atoms with E-state index in [2.05, 4.69) is 27.7 Å². The van der Waals surface area contributed by atoms with E-state index in [1.165, 1.54) is 64.2 Å². The van der Waals surface area contributed by atoms with Crippen LogP contribution in [0.2, 0.25) is 0 Å². The second kappa shape index (κ2) is 22.1. The van der Waals surface area contributed by atoms with Crippen molar-refractivity contribution in [2.45, 2.75) is 118 Å². The average molecular weight is 441 g/mol. The third-order valence-electron chi connectivity index (χ3n) is 5.71. The second-order valence-corrected chi connectivity index (χ2v) is 8.79. The summed E-state index contributed by atoms with van der Waals surface area (Å²) in [5.74, 6) is 0.0300. The van der Waals surface area contributed by atoms with Crippen LogP contribution in [0.15, 0.2) is 0 Å². The molecule has 0 aliphatic heterocycles. The number of unbranched alkanes of at least 4 members (excludes halogenated alkanes) is 10. The maximum atomic E-state index is 12.5. The van der Waals surface area contributed by atoms with Gasteiger partial charge in [0.05, 0.1) is 0 Å². The SMILES string of the molecule is CCCCCCCCN(CCC)C(=O)COCC(=O)N(CCC)CCCCCCCC. The first-order chi connectivity index (χ1) is 15.1. The number of carbonyl (C=O) groups is 2. The van der Waals surface area contributed by atoms with Crippen LogP contribution in [0.3, 0.4) is 0 Å². The van der Waals surface area contributed by atoms with Crippen molar-refractivity contribution in [3.63, 3.8) is 0 Å². The van der Waals surface area contributed by atoms with Crippen LogP contribution >= 0.6 is 0 Å². The number of ether oxygens (including phenoxy) is 1. The normalized spacial score (nSPS) is 11.0. The molecular formula is C26H52N2O3. The van der Waals surface area contributed by atoms with Crippen LogP contribution in [-0.2, 0) is 14.3 Å². The van der Waals surface area contributed by atoms with E-state index < -0.39 is 0 Å². The van der Waals surface area contributed by atoms with Crippen LogP contribution in [0.1, 0.15) is 118 Å². The standard InChI is InChI=1S/C26H52N2O3/c1-5-9-11-13-15-17-21-27(19-7-3)25(29)23-31-24-26(30)28(20-8-4)22-18-16-14-12-10-6-2/h5-24H2,1-4H3. The molecule has 0 aromatic carbocycles. The van der Waals surface area contributed by atoms with Gasteiger partial charge in [0.2, 0.25) is 11.8 Å². The van der Waals surface area contributed by atoms with Gasteiger partial charge in [0.25, 0.3) is 0 Å². The topological polar surface area (TPSA) is 49.9 Å². The first-order valence-corrected chi connectivity index (χ1v) is 13.2. The molecule has 0 fully saturated rings. The molecule has 2 amide bonds. The predicted molar refractivity (Wildman–Crippen MR) is 131 cm³/mol. The summed E-state index contributed by atoms with van der Waals surface area (Å²) in [4.78, 5) is 28.9. The van der Waals surface area contributed by atoms with Gasteiger partial charge in [0, 0.05) is 26.2 Å². The van der Waals surface area contributed by atoms with Gasteiger partial charge >= 0.3 is 0 Å². The molecule has 0 N–H and O–H groups in total. The quantitative estimate of drug-likeness (QED) is 0.188. The number of amides is 2. The van der Waals surface area contributed by atoms with Gasteiger partial charge < -0.3 is 14.5 Å². The van der Waals surface area contributed by atoms with Crippen molar-refractivity contribution in [2.24, 2.45) is 0 Å².